The zero-order valence-corrected chi connectivity index (χ0v) is 16.2. The van der Waals surface area contributed by atoms with Crippen LogP contribution in [0.2, 0.25) is 0 Å². The van der Waals surface area contributed by atoms with Gasteiger partial charge in [0.25, 0.3) is 0 Å². The minimum absolute atomic E-state index is 0.320. The van der Waals surface area contributed by atoms with Crippen molar-refractivity contribution in [1.82, 2.24) is 10.4 Å². The second kappa shape index (κ2) is 13.1. The number of hydrogen-bond donors (Lipinski definition) is 3. The summed E-state index contributed by atoms with van der Waals surface area (Å²) in [5.41, 5.74) is 7.42. The van der Waals surface area contributed by atoms with Crippen molar-refractivity contribution < 1.29 is 14.4 Å². The summed E-state index contributed by atoms with van der Waals surface area (Å²) in [6, 6.07) is 6.76. The second-order valence-corrected chi connectivity index (χ2v) is 6.60. The van der Waals surface area contributed by atoms with Crippen molar-refractivity contribution in [2.45, 2.75) is 12.5 Å². The van der Waals surface area contributed by atoms with E-state index >= 15 is 0 Å². The molecule has 0 spiro atoms. The first-order valence-corrected chi connectivity index (χ1v) is 9.60. The average Bonchev–Trinajstić information content (AvgIpc) is 2.63. The van der Waals surface area contributed by atoms with Gasteiger partial charge in [-0.1, -0.05) is 12.1 Å². The molecule has 1 aromatic carbocycles. The molecule has 4 N–H and O–H groups in total. The summed E-state index contributed by atoms with van der Waals surface area (Å²) in [4.78, 5) is 12.8. The maximum Gasteiger partial charge on any atom is 0.320 e. The molecule has 1 aliphatic rings. The molecule has 9 heteroatoms. The number of benzene rings is 1. The molecule has 0 aliphatic carbocycles. The maximum absolute atomic E-state index is 12.0. The van der Waals surface area contributed by atoms with E-state index in [0.29, 0.717) is 31.3 Å². The van der Waals surface area contributed by atoms with Crippen molar-refractivity contribution in [1.29, 1.82) is 0 Å². The number of piperazine rings is 1. The lowest BCUT2D eigenvalue weighted by Gasteiger charge is -2.23. The zero-order valence-electron chi connectivity index (χ0n) is 14.7. The number of halogens is 3. The molecular weight excluding hydrogens is 382 g/mol. The predicted molar refractivity (Wildman–Crippen MR) is 105 cm³/mol. The Bertz CT molecular complexity index is 510. The molecule has 26 heavy (non-hydrogen) atoms. The SMILES string of the molecule is FN1CCNCC1.NC(Cc1ccc(N(CCCl)CCCl)cc1)C(=O)O. The van der Waals surface area contributed by atoms with E-state index in [9.17, 15) is 9.28 Å². The van der Waals surface area contributed by atoms with Gasteiger partial charge in [0.15, 0.2) is 0 Å². The largest absolute Gasteiger partial charge is 0.480 e. The van der Waals surface area contributed by atoms with Crippen LogP contribution in [0.3, 0.4) is 0 Å². The van der Waals surface area contributed by atoms with Crippen LogP contribution in [0.15, 0.2) is 24.3 Å². The van der Waals surface area contributed by atoms with Gasteiger partial charge in [-0.3, -0.25) is 4.79 Å². The first-order chi connectivity index (χ1) is 12.5. The van der Waals surface area contributed by atoms with Gasteiger partial charge in [0.1, 0.15) is 6.04 Å². The van der Waals surface area contributed by atoms with Gasteiger partial charge in [-0.25, -0.2) is 0 Å². The highest BCUT2D eigenvalue weighted by atomic mass is 35.5. The van der Waals surface area contributed by atoms with Gasteiger partial charge in [-0.15, -0.1) is 32.8 Å². The number of hydrogen-bond acceptors (Lipinski definition) is 5. The lowest BCUT2D eigenvalue weighted by molar-refractivity contribution is -0.138. The molecule has 0 radical (unpaired) electrons. The van der Waals surface area contributed by atoms with Crippen LogP contribution in [0.5, 0.6) is 0 Å². The molecule has 1 heterocycles. The number of anilines is 1. The summed E-state index contributed by atoms with van der Waals surface area (Å²) < 4.78 is 12.0. The lowest BCUT2D eigenvalue weighted by atomic mass is 10.1. The van der Waals surface area contributed by atoms with Crippen LogP contribution in [0, 0.1) is 0 Å². The number of nitrogens with two attached hydrogens (primary N) is 1. The third-order valence-corrected chi connectivity index (χ3v) is 4.18. The fraction of sp³-hybridized carbons (Fsp3) is 0.588. The van der Waals surface area contributed by atoms with Crippen molar-refractivity contribution in [2.75, 3.05) is 55.9 Å². The van der Waals surface area contributed by atoms with E-state index < -0.39 is 12.0 Å². The number of carboxylic acid groups (broad SMARTS) is 1. The number of nitrogens with one attached hydrogen (secondary N) is 1. The van der Waals surface area contributed by atoms with E-state index in [0.717, 1.165) is 42.6 Å². The molecule has 148 valence electrons. The predicted octanol–water partition coefficient (Wildman–Crippen LogP) is 1.70. The van der Waals surface area contributed by atoms with Crippen molar-refractivity contribution in [2.24, 2.45) is 5.73 Å². The Morgan fingerprint density at radius 1 is 1.23 bits per heavy atom. The summed E-state index contributed by atoms with van der Waals surface area (Å²) >= 11 is 11.5. The summed E-state index contributed by atoms with van der Waals surface area (Å²) in [5.74, 6) is 0.0698. The van der Waals surface area contributed by atoms with Crippen molar-refractivity contribution in [3.63, 3.8) is 0 Å². The summed E-state index contributed by atoms with van der Waals surface area (Å²) in [6.45, 7) is 4.11. The van der Waals surface area contributed by atoms with Crippen LogP contribution in [0.1, 0.15) is 5.56 Å². The van der Waals surface area contributed by atoms with Gasteiger partial charge in [0.05, 0.1) is 0 Å². The highest BCUT2D eigenvalue weighted by molar-refractivity contribution is 6.18. The first-order valence-electron chi connectivity index (χ1n) is 8.53. The van der Waals surface area contributed by atoms with Crippen molar-refractivity contribution in [3.8, 4) is 0 Å². The normalized spacial score (nSPS) is 15.7. The summed E-state index contributed by atoms with van der Waals surface area (Å²) in [5, 5.41) is 12.6. The minimum Gasteiger partial charge on any atom is -0.480 e. The molecule has 0 saturated carbocycles. The molecule has 1 aliphatic heterocycles. The Kier molecular flexibility index (Phi) is 11.6. The molecule has 0 bridgehead atoms. The molecule has 1 atom stereocenters. The fourth-order valence-corrected chi connectivity index (χ4v) is 2.80. The van der Waals surface area contributed by atoms with Gasteiger partial charge >= 0.3 is 5.97 Å². The lowest BCUT2D eigenvalue weighted by Crippen LogP contribution is -2.38. The molecule has 2 rings (SSSR count). The highest BCUT2D eigenvalue weighted by Gasteiger charge is 2.12. The highest BCUT2D eigenvalue weighted by Crippen LogP contribution is 2.16. The van der Waals surface area contributed by atoms with Crippen LogP contribution >= 0.6 is 23.2 Å². The topological polar surface area (TPSA) is 81.8 Å². The third kappa shape index (κ3) is 9.00. The zero-order chi connectivity index (χ0) is 19.4. The second-order valence-electron chi connectivity index (χ2n) is 5.84. The summed E-state index contributed by atoms with van der Waals surface area (Å²) in [7, 11) is 0. The van der Waals surface area contributed by atoms with Crippen molar-refractivity contribution >= 4 is 34.9 Å². The van der Waals surface area contributed by atoms with Gasteiger partial charge < -0.3 is 21.1 Å². The van der Waals surface area contributed by atoms with Crippen LogP contribution in [0.4, 0.5) is 10.2 Å². The van der Waals surface area contributed by atoms with Gasteiger partial charge in [0, 0.05) is 56.7 Å². The van der Waals surface area contributed by atoms with Crippen LogP contribution in [-0.4, -0.2) is 73.3 Å². The van der Waals surface area contributed by atoms with Crippen LogP contribution in [-0.2, 0) is 11.2 Å². The monoisotopic (exact) mass is 408 g/mol. The molecule has 1 aromatic rings. The van der Waals surface area contributed by atoms with E-state index in [2.05, 4.69) is 10.2 Å². The molecular formula is C17H27Cl2FN4O2. The first kappa shape index (κ1) is 22.9. The number of carboxylic acids is 1. The van der Waals surface area contributed by atoms with E-state index in [4.69, 9.17) is 34.0 Å². The molecule has 1 fully saturated rings. The van der Waals surface area contributed by atoms with E-state index in [1.54, 1.807) is 0 Å². The standard InChI is InChI=1S/C13H18Cl2N2O2.C4H9FN2/c14-5-7-17(8-6-15)11-3-1-10(2-4-11)9-12(16)13(18)19;5-7-3-1-6-2-4-7/h1-4,12H,5-9,16H2,(H,18,19);6H,1-4H2. The Balaban J connectivity index is 0.000000401. The minimum atomic E-state index is -0.991. The summed E-state index contributed by atoms with van der Waals surface area (Å²) in [6.07, 6.45) is 0.320. The van der Waals surface area contributed by atoms with Crippen LogP contribution in [0.25, 0.3) is 0 Å². The van der Waals surface area contributed by atoms with Gasteiger partial charge in [-0.05, 0) is 24.1 Å². The van der Waals surface area contributed by atoms with E-state index in [1.807, 2.05) is 24.3 Å². The average molecular weight is 409 g/mol. The van der Waals surface area contributed by atoms with Gasteiger partial charge in [0.2, 0.25) is 0 Å². The number of carbonyl (C=O) groups is 1. The van der Waals surface area contributed by atoms with E-state index in [-0.39, 0.29) is 0 Å². The Morgan fingerprint density at radius 2 is 1.77 bits per heavy atom. The Morgan fingerprint density at radius 3 is 2.15 bits per heavy atom. The Labute approximate surface area is 164 Å². The quantitative estimate of drug-likeness (QED) is 0.448. The maximum atomic E-state index is 12.0. The third-order valence-electron chi connectivity index (χ3n) is 3.85. The molecule has 0 amide bonds. The number of nitrogens with zero attached hydrogens (tertiary/aromatic N) is 2. The molecule has 6 nitrogen and oxygen atoms in total. The smallest absolute Gasteiger partial charge is 0.320 e. The molecule has 1 saturated heterocycles. The van der Waals surface area contributed by atoms with E-state index in [1.165, 1.54) is 0 Å². The molecule has 1 unspecified atom stereocenters. The number of rotatable bonds is 8. The molecule has 0 aromatic heterocycles. The fourth-order valence-electron chi connectivity index (χ4n) is 2.40. The van der Waals surface area contributed by atoms with Crippen LogP contribution < -0.4 is 16.0 Å². The van der Waals surface area contributed by atoms with Crippen molar-refractivity contribution in [3.05, 3.63) is 29.8 Å². The Hall–Kier alpha value is -1.12. The number of alkyl halides is 2. The number of aliphatic carboxylic acids is 1. The van der Waals surface area contributed by atoms with Gasteiger partial charge in [-0.2, -0.15) is 0 Å².